The predicted molar refractivity (Wildman–Crippen MR) is 88.5 cm³/mol. The number of non-ortho nitro benzene ring substituents is 1. The summed E-state index contributed by atoms with van der Waals surface area (Å²) in [6, 6.07) is 16.8. The van der Waals surface area contributed by atoms with E-state index in [4.69, 9.17) is 0 Å². The molecule has 1 aliphatic heterocycles. The minimum atomic E-state index is -0.489. The number of hydrogen-bond acceptors (Lipinski definition) is 5. The van der Waals surface area contributed by atoms with Crippen molar-refractivity contribution >= 4 is 17.1 Å². The molecule has 0 amide bonds. The first kappa shape index (κ1) is 14.9. The smallest absolute Gasteiger partial charge is 0.270 e. The van der Waals surface area contributed by atoms with Gasteiger partial charge in [-0.05, 0) is 24.6 Å². The Balaban J connectivity index is 1.71. The maximum Gasteiger partial charge on any atom is 0.270 e. The summed E-state index contributed by atoms with van der Waals surface area (Å²) < 4.78 is 0. The topological polar surface area (TPSA) is 82.2 Å². The van der Waals surface area contributed by atoms with Gasteiger partial charge >= 0.3 is 0 Å². The Labute approximate surface area is 134 Å². The van der Waals surface area contributed by atoms with Gasteiger partial charge < -0.3 is 10.2 Å². The molecule has 2 aromatic rings. The van der Waals surface area contributed by atoms with Crippen molar-refractivity contribution in [3.8, 4) is 6.07 Å². The fourth-order valence-corrected chi connectivity index (χ4v) is 2.84. The van der Waals surface area contributed by atoms with Gasteiger partial charge in [-0.3, -0.25) is 10.1 Å². The van der Waals surface area contributed by atoms with Gasteiger partial charge in [0.1, 0.15) is 6.07 Å². The highest BCUT2D eigenvalue weighted by Gasteiger charge is 2.23. The molecule has 3 rings (SSSR count). The van der Waals surface area contributed by atoms with Gasteiger partial charge in [0.15, 0.2) is 0 Å². The second kappa shape index (κ2) is 6.36. The van der Waals surface area contributed by atoms with Gasteiger partial charge in [-0.25, -0.2) is 0 Å². The molecule has 2 aromatic carbocycles. The van der Waals surface area contributed by atoms with E-state index in [1.807, 2.05) is 24.3 Å². The van der Waals surface area contributed by atoms with E-state index in [-0.39, 0.29) is 11.7 Å². The van der Waals surface area contributed by atoms with E-state index in [9.17, 15) is 15.4 Å². The van der Waals surface area contributed by atoms with Crippen LogP contribution in [0, 0.1) is 21.4 Å². The van der Waals surface area contributed by atoms with Crippen molar-refractivity contribution in [2.24, 2.45) is 0 Å². The third-order valence-electron chi connectivity index (χ3n) is 4.00. The fraction of sp³-hybridized carbons (Fsp3) is 0.235. The van der Waals surface area contributed by atoms with E-state index in [1.54, 1.807) is 6.07 Å². The summed E-state index contributed by atoms with van der Waals surface area (Å²) in [5.41, 5.74) is 2.07. The van der Waals surface area contributed by atoms with Crippen molar-refractivity contribution in [3.63, 3.8) is 0 Å². The van der Waals surface area contributed by atoms with Crippen LogP contribution in [0.5, 0.6) is 0 Å². The Morgan fingerprint density at radius 3 is 2.74 bits per heavy atom. The fourth-order valence-electron chi connectivity index (χ4n) is 2.84. The van der Waals surface area contributed by atoms with Crippen molar-refractivity contribution in [1.82, 2.24) is 0 Å². The molecule has 0 aromatic heterocycles. The van der Waals surface area contributed by atoms with E-state index in [1.165, 1.54) is 17.8 Å². The number of benzene rings is 2. The summed E-state index contributed by atoms with van der Waals surface area (Å²) in [5, 5.41) is 23.3. The first-order valence-corrected chi connectivity index (χ1v) is 7.42. The number of para-hydroxylation sites is 1. The van der Waals surface area contributed by atoms with Crippen LogP contribution < -0.4 is 10.2 Å². The first-order valence-electron chi connectivity index (χ1n) is 7.42. The van der Waals surface area contributed by atoms with Crippen LogP contribution >= 0.6 is 0 Å². The molecule has 0 bridgehead atoms. The van der Waals surface area contributed by atoms with Crippen LogP contribution in [0.25, 0.3) is 0 Å². The molecule has 23 heavy (non-hydrogen) atoms. The number of nitrogens with one attached hydrogen (secondary N) is 1. The van der Waals surface area contributed by atoms with Crippen molar-refractivity contribution in [2.75, 3.05) is 23.3 Å². The molecule has 0 spiro atoms. The van der Waals surface area contributed by atoms with E-state index >= 15 is 0 Å². The Hall–Kier alpha value is -3.07. The average molecular weight is 308 g/mol. The number of rotatable bonds is 4. The van der Waals surface area contributed by atoms with E-state index < -0.39 is 4.92 Å². The zero-order chi connectivity index (χ0) is 16.2. The molecule has 1 saturated heterocycles. The van der Waals surface area contributed by atoms with Gasteiger partial charge in [0.05, 0.1) is 16.2 Å². The highest BCUT2D eigenvalue weighted by molar-refractivity contribution is 5.62. The second-order valence-corrected chi connectivity index (χ2v) is 5.51. The van der Waals surface area contributed by atoms with E-state index in [0.717, 1.165) is 19.5 Å². The van der Waals surface area contributed by atoms with Crippen molar-refractivity contribution in [3.05, 3.63) is 64.2 Å². The summed E-state index contributed by atoms with van der Waals surface area (Å²) in [4.78, 5) is 12.6. The van der Waals surface area contributed by atoms with Crippen LogP contribution in [0.2, 0.25) is 0 Å². The summed E-state index contributed by atoms with van der Waals surface area (Å²) in [7, 11) is 0. The molecule has 1 fully saturated rings. The predicted octanol–water partition coefficient (Wildman–Crippen LogP) is 3.16. The van der Waals surface area contributed by atoms with Crippen LogP contribution in [-0.4, -0.2) is 24.1 Å². The number of nitrogens with zero attached hydrogens (tertiary/aromatic N) is 3. The van der Waals surface area contributed by atoms with Crippen LogP contribution in [0.4, 0.5) is 17.1 Å². The van der Waals surface area contributed by atoms with Gasteiger partial charge in [0.2, 0.25) is 0 Å². The Morgan fingerprint density at radius 1 is 1.26 bits per heavy atom. The molecular formula is C17H16N4O2. The maximum absolute atomic E-state index is 10.8. The van der Waals surface area contributed by atoms with Gasteiger partial charge in [-0.1, -0.05) is 18.2 Å². The van der Waals surface area contributed by atoms with Gasteiger partial charge in [-0.15, -0.1) is 0 Å². The first-order chi connectivity index (χ1) is 11.2. The Kier molecular flexibility index (Phi) is 4.11. The van der Waals surface area contributed by atoms with Crippen molar-refractivity contribution in [2.45, 2.75) is 12.5 Å². The van der Waals surface area contributed by atoms with E-state index in [2.05, 4.69) is 22.3 Å². The molecule has 1 aliphatic rings. The number of nitro benzene ring substituents is 1. The summed E-state index contributed by atoms with van der Waals surface area (Å²) in [6.07, 6.45) is 0.955. The Morgan fingerprint density at radius 2 is 2.04 bits per heavy atom. The lowest BCUT2D eigenvalue weighted by Gasteiger charge is -2.19. The molecule has 6 heteroatoms. The molecule has 1 heterocycles. The van der Waals surface area contributed by atoms with Crippen LogP contribution in [0.3, 0.4) is 0 Å². The molecule has 0 radical (unpaired) electrons. The normalized spacial score (nSPS) is 16.8. The lowest BCUT2D eigenvalue weighted by Crippen LogP contribution is -2.26. The van der Waals surface area contributed by atoms with Crippen molar-refractivity contribution in [1.29, 1.82) is 5.26 Å². The lowest BCUT2D eigenvalue weighted by atomic mass is 10.1. The third kappa shape index (κ3) is 3.24. The van der Waals surface area contributed by atoms with Crippen LogP contribution in [-0.2, 0) is 0 Å². The zero-order valence-electron chi connectivity index (χ0n) is 12.5. The minimum absolute atomic E-state index is 0.0653. The summed E-state index contributed by atoms with van der Waals surface area (Å²) in [5.74, 6) is 0. The average Bonchev–Trinajstić information content (AvgIpc) is 3.04. The summed E-state index contributed by atoms with van der Waals surface area (Å²) in [6.45, 7) is 1.78. The number of nitro groups is 1. The largest absolute Gasteiger partial charge is 0.379 e. The zero-order valence-corrected chi connectivity index (χ0v) is 12.5. The minimum Gasteiger partial charge on any atom is -0.379 e. The van der Waals surface area contributed by atoms with E-state index in [0.29, 0.717) is 11.3 Å². The number of nitriles is 1. The lowest BCUT2D eigenvalue weighted by molar-refractivity contribution is -0.384. The molecule has 1 atom stereocenters. The maximum atomic E-state index is 10.8. The number of anilines is 2. The van der Waals surface area contributed by atoms with Gasteiger partial charge in [0.25, 0.3) is 5.69 Å². The van der Waals surface area contributed by atoms with Crippen LogP contribution in [0.1, 0.15) is 12.0 Å². The molecular weight excluding hydrogens is 292 g/mol. The molecule has 0 saturated carbocycles. The SMILES string of the molecule is N#Cc1cc([N+](=O)[O-])ccc1NC1CCN(c2ccccc2)C1. The Bertz CT molecular complexity index is 755. The third-order valence-corrected chi connectivity index (χ3v) is 4.00. The molecule has 0 aliphatic carbocycles. The quantitative estimate of drug-likeness (QED) is 0.693. The van der Waals surface area contributed by atoms with Crippen LogP contribution in [0.15, 0.2) is 48.5 Å². The highest BCUT2D eigenvalue weighted by Crippen LogP contribution is 2.25. The standard InChI is InChI=1S/C17H16N4O2/c18-11-13-10-16(21(22)23)6-7-17(13)19-14-8-9-20(12-14)15-4-2-1-3-5-15/h1-7,10,14,19H,8-9,12H2. The highest BCUT2D eigenvalue weighted by atomic mass is 16.6. The molecule has 1 N–H and O–H groups in total. The van der Waals surface area contributed by atoms with Gasteiger partial charge in [0, 0.05) is 37.0 Å². The molecule has 6 nitrogen and oxygen atoms in total. The summed E-state index contributed by atoms with van der Waals surface area (Å²) >= 11 is 0. The monoisotopic (exact) mass is 308 g/mol. The molecule has 116 valence electrons. The second-order valence-electron chi connectivity index (χ2n) is 5.51. The van der Waals surface area contributed by atoms with Gasteiger partial charge in [-0.2, -0.15) is 5.26 Å². The number of hydrogen-bond donors (Lipinski definition) is 1. The molecule has 1 unspecified atom stereocenters. The van der Waals surface area contributed by atoms with Crippen molar-refractivity contribution < 1.29 is 4.92 Å².